The highest BCUT2D eigenvalue weighted by Gasteiger charge is 2.26. The van der Waals surface area contributed by atoms with Crippen LogP contribution in [0.4, 0.5) is 0 Å². The highest BCUT2D eigenvalue weighted by Crippen LogP contribution is 2.17. The molecule has 3 rings (SSSR count). The third-order valence-corrected chi connectivity index (χ3v) is 5.46. The third-order valence-electron chi connectivity index (χ3n) is 3.73. The molecule has 2 aliphatic rings. The molecule has 0 bridgehead atoms. The van der Waals surface area contributed by atoms with Crippen LogP contribution < -0.4 is 5.32 Å². The quantitative estimate of drug-likeness (QED) is 0.807. The maximum absolute atomic E-state index is 11.6. The summed E-state index contributed by atoms with van der Waals surface area (Å²) in [7, 11) is -2.93. The van der Waals surface area contributed by atoms with Gasteiger partial charge >= 0.3 is 0 Å². The molecule has 0 amide bonds. The molecule has 8 heteroatoms. The number of nitrogens with one attached hydrogen (secondary N) is 1. The van der Waals surface area contributed by atoms with Gasteiger partial charge < -0.3 is 14.6 Å². The van der Waals surface area contributed by atoms with Crippen molar-refractivity contribution in [1.82, 2.24) is 15.5 Å². The first-order chi connectivity index (χ1) is 9.61. The first-order valence-corrected chi connectivity index (χ1v) is 8.76. The topological polar surface area (TPSA) is 94.3 Å². The van der Waals surface area contributed by atoms with Crippen molar-refractivity contribution in [3.05, 3.63) is 11.7 Å². The number of ether oxygens (including phenoxy) is 1. The molecule has 112 valence electrons. The summed E-state index contributed by atoms with van der Waals surface area (Å²) in [6, 6.07) is -0.128. The maximum atomic E-state index is 11.6. The highest BCUT2D eigenvalue weighted by molar-refractivity contribution is 7.91. The summed E-state index contributed by atoms with van der Waals surface area (Å²) in [6.07, 6.45) is 2.26. The minimum absolute atomic E-state index is 0.128. The van der Waals surface area contributed by atoms with Crippen LogP contribution in [-0.4, -0.2) is 55.9 Å². The van der Waals surface area contributed by atoms with Crippen molar-refractivity contribution in [2.24, 2.45) is 5.92 Å². The number of aromatic nitrogens is 2. The number of hydrogen-bond donors (Lipinski definition) is 1. The van der Waals surface area contributed by atoms with Gasteiger partial charge in [0.05, 0.1) is 11.5 Å². The molecule has 20 heavy (non-hydrogen) atoms. The van der Waals surface area contributed by atoms with Gasteiger partial charge in [-0.2, -0.15) is 4.98 Å². The highest BCUT2D eigenvalue weighted by atomic mass is 32.2. The van der Waals surface area contributed by atoms with Gasteiger partial charge in [0.2, 0.25) is 5.89 Å². The Morgan fingerprint density at radius 1 is 1.35 bits per heavy atom. The van der Waals surface area contributed by atoms with Gasteiger partial charge in [0.15, 0.2) is 15.7 Å². The van der Waals surface area contributed by atoms with E-state index in [4.69, 9.17) is 9.26 Å². The normalized spacial score (nSPS) is 29.6. The van der Waals surface area contributed by atoms with Gasteiger partial charge in [-0.05, 0) is 12.3 Å². The smallest absolute Gasteiger partial charge is 0.228 e. The lowest BCUT2D eigenvalue weighted by Gasteiger charge is -2.21. The zero-order valence-corrected chi connectivity index (χ0v) is 12.1. The average Bonchev–Trinajstić information content (AvgIpc) is 3.01. The molecule has 2 unspecified atom stereocenters. The molecular formula is C12H19N3O4S. The number of rotatable bonds is 4. The van der Waals surface area contributed by atoms with Crippen molar-refractivity contribution in [3.8, 4) is 0 Å². The second kappa shape index (κ2) is 5.79. The monoisotopic (exact) mass is 301 g/mol. The summed E-state index contributed by atoms with van der Waals surface area (Å²) in [5.41, 5.74) is 0. The van der Waals surface area contributed by atoms with E-state index >= 15 is 0 Å². The fourth-order valence-corrected chi connectivity index (χ4v) is 4.11. The van der Waals surface area contributed by atoms with Gasteiger partial charge in [-0.15, -0.1) is 0 Å². The van der Waals surface area contributed by atoms with Crippen LogP contribution >= 0.6 is 0 Å². The lowest BCUT2D eigenvalue weighted by molar-refractivity contribution is 0.185. The summed E-state index contributed by atoms with van der Waals surface area (Å²) in [6.45, 7) is 2.05. The zero-order chi connectivity index (χ0) is 14.0. The summed E-state index contributed by atoms with van der Waals surface area (Å²) >= 11 is 0. The standard InChI is InChI=1S/C12H19N3O4S/c16-20(17)4-2-13-10(8-20)6-12-14-11(15-19-12)5-9-1-3-18-7-9/h9-10,13H,1-8H2. The van der Waals surface area contributed by atoms with E-state index in [-0.39, 0.29) is 17.5 Å². The van der Waals surface area contributed by atoms with Gasteiger partial charge in [-0.25, -0.2) is 8.42 Å². The van der Waals surface area contributed by atoms with Crippen LogP contribution in [0.3, 0.4) is 0 Å². The number of nitrogens with zero attached hydrogens (tertiary/aromatic N) is 2. The fraction of sp³-hybridized carbons (Fsp3) is 0.833. The van der Waals surface area contributed by atoms with E-state index in [2.05, 4.69) is 15.5 Å². The van der Waals surface area contributed by atoms with Crippen molar-refractivity contribution >= 4 is 9.84 Å². The molecule has 0 aromatic carbocycles. The van der Waals surface area contributed by atoms with E-state index in [1.54, 1.807) is 0 Å². The Morgan fingerprint density at radius 2 is 2.25 bits per heavy atom. The van der Waals surface area contributed by atoms with Gasteiger partial charge in [-0.3, -0.25) is 0 Å². The van der Waals surface area contributed by atoms with E-state index in [1.807, 2.05) is 0 Å². The number of hydrogen-bond acceptors (Lipinski definition) is 7. The molecule has 1 N–H and O–H groups in total. The SMILES string of the molecule is O=S1(=O)CCNC(Cc2nc(CC3CCOC3)no2)C1. The average molecular weight is 301 g/mol. The van der Waals surface area contributed by atoms with E-state index in [0.29, 0.717) is 30.6 Å². The molecular weight excluding hydrogens is 282 g/mol. The second-order valence-corrected chi connectivity index (χ2v) is 7.74. The zero-order valence-electron chi connectivity index (χ0n) is 11.2. The Hall–Kier alpha value is -0.990. The van der Waals surface area contributed by atoms with Crippen LogP contribution in [0.1, 0.15) is 18.1 Å². The first-order valence-electron chi connectivity index (χ1n) is 6.94. The maximum Gasteiger partial charge on any atom is 0.228 e. The van der Waals surface area contributed by atoms with Crippen molar-refractivity contribution in [2.45, 2.75) is 25.3 Å². The Kier molecular flexibility index (Phi) is 4.04. The molecule has 2 fully saturated rings. The van der Waals surface area contributed by atoms with Crippen molar-refractivity contribution in [2.75, 3.05) is 31.3 Å². The summed E-state index contributed by atoms with van der Waals surface area (Å²) in [4.78, 5) is 4.35. The van der Waals surface area contributed by atoms with Gasteiger partial charge in [0, 0.05) is 38.6 Å². The Bertz CT molecular complexity index is 551. The molecule has 0 radical (unpaired) electrons. The molecule has 1 aromatic heterocycles. The van der Waals surface area contributed by atoms with Gasteiger partial charge in [0.25, 0.3) is 0 Å². The molecule has 2 aliphatic heterocycles. The second-order valence-electron chi connectivity index (χ2n) is 5.51. The predicted octanol–water partition coefficient (Wildman–Crippen LogP) is -0.422. The fourth-order valence-electron chi connectivity index (χ4n) is 2.67. The van der Waals surface area contributed by atoms with E-state index in [0.717, 1.165) is 26.1 Å². The van der Waals surface area contributed by atoms with E-state index in [9.17, 15) is 8.42 Å². The molecule has 0 spiro atoms. The molecule has 1 aromatic rings. The number of sulfone groups is 1. The Balaban J connectivity index is 1.56. The van der Waals surface area contributed by atoms with Crippen LogP contribution in [0.5, 0.6) is 0 Å². The largest absolute Gasteiger partial charge is 0.381 e. The van der Waals surface area contributed by atoms with Crippen LogP contribution in [0.25, 0.3) is 0 Å². The molecule has 3 heterocycles. The van der Waals surface area contributed by atoms with Gasteiger partial charge in [-0.1, -0.05) is 5.16 Å². The molecule has 2 atom stereocenters. The molecule has 0 aliphatic carbocycles. The van der Waals surface area contributed by atoms with Crippen LogP contribution in [0.2, 0.25) is 0 Å². The minimum Gasteiger partial charge on any atom is -0.381 e. The van der Waals surface area contributed by atoms with Crippen molar-refractivity contribution < 1.29 is 17.7 Å². The Morgan fingerprint density at radius 3 is 3.00 bits per heavy atom. The van der Waals surface area contributed by atoms with Crippen molar-refractivity contribution in [1.29, 1.82) is 0 Å². The predicted molar refractivity (Wildman–Crippen MR) is 71.1 cm³/mol. The van der Waals surface area contributed by atoms with Crippen LogP contribution in [0.15, 0.2) is 4.52 Å². The lowest BCUT2D eigenvalue weighted by Crippen LogP contribution is -2.46. The van der Waals surface area contributed by atoms with Crippen LogP contribution in [-0.2, 0) is 27.4 Å². The van der Waals surface area contributed by atoms with E-state index < -0.39 is 9.84 Å². The van der Waals surface area contributed by atoms with E-state index in [1.165, 1.54) is 0 Å². The van der Waals surface area contributed by atoms with Crippen LogP contribution in [0, 0.1) is 5.92 Å². The van der Waals surface area contributed by atoms with Crippen molar-refractivity contribution in [3.63, 3.8) is 0 Å². The van der Waals surface area contributed by atoms with Gasteiger partial charge in [0.1, 0.15) is 0 Å². The Labute approximate surface area is 118 Å². The molecule has 2 saturated heterocycles. The third kappa shape index (κ3) is 3.56. The molecule has 7 nitrogen and oxygen atoms in total. The summed E-state index contributed by atoms with van der Waals surface area (Å²) in [5, 5.41) is 7.14. The lowest BCUT2D eigenvalue weighted by atomic mass is 10.1. The summed E-state index contributed by atoms with van der Waals surface area (Å²) in [5.74, 6) is 2.01. The first kappa shape index (κ1) is 14.0. The molecule has 0 saturated carbocycles. The summed E-state index contributed by atoms with van der Waals surface area (Å²) < 4.78 is 33.7. The minimum atomic E-state index is -2.93.